The largest absolute Gasteiger partial charge is 0.507 e. The van der Waals surface area contributed by atoms with Crippen LogP contribution in [0.2, 0.25) is 0 Å². The zero-order valence-electron chi connectivity index (χ0n) is 17.7. The SMILES string of the molecule is CCOc1ccc(N2C(=O)C(=O)C(=C(O)c3ccccc3)[C@H]2c2ccccc2[N+](=O)[O-])cc1. The van der Waals surface area contributed by atoms with Gasteiger partial charge in [-0.25, -0.2) is 0 Å². The van der Waals surface area contributed by atoms with Gasteiger partial charge in [0.25, 0.3) is 17.4 Å². The third-order valence-corrected chi connectivity index (χ3v) is 5.35. The number of anilines is 1. The number of rotatable bonds is 6. The van der Waals surface area contributed by atoms with E-state index in [9.17, 15) is 24.8 Å². The third-order valence-electron chi connectivity index (χ3n) is 5.35. The van der Waals surface area contributed by atoms with Gasteiger partial charge in [0.2, 0.25) is 0 Å². The molecule has 4 rings (SSSR count). The van der Waals surface area contributed by atoms with Gasteiger partial charge in [0.15, 0.2) is 0 Å². The van der Waals surface area contributed by atoms with E-state index < -0.39 is 28.4 Å². The van der Waals surface area contributed by atoms with Crippen LogP contribution < -0.4 is 9.64 Å². The van der Waals surface area contributed by atoms with E-state index in [0.717, 1.165) is 0 Å². The molecule has 0 saturated carbocycles. The molecule has 1 heterocycles. The number of ether oxygens (including phenoxy) is 1. The molecule has 1 aliphatic rings. The Kier molecular flexibility index (Phi) is 5.91. The van der Waals surface area contributed by atoms with Crippen LogP contribution in [0.5, 0.6) is 5.75 Å². The quantitative estimate of drug-likeness (QED) is 0.195. The Labute approximate surface area is 189 Å². The smallest absolute Gasteiger partial charge is 0.300 e. The molecule has 8 heteroatoms. The van der Waals surface area contributed by atoms with E-state index in [1.54, 1.807) is 60.7 Å². The van der Waals surface area contributed by atoms with Crippen molar-refractivity contribution in [3.63, 3.8) is 0 Å². The van der Waals surface area contributed by atoms with E-state index >= 15 is 0 Å². The lowest BCUT2D eigenvalue weighted by Gasteiger charge is -2.25. The second-order valence-electron chi connectivity index (χ2n) is 7.28. The Morgan fingerprint density at radius 2 is 1.64 bits per heavy atom. The van der Waals surface area contributed by atoms with Gasteiger partial charge in [-0.05, 0) is 37.3 Å². The number of amides is 1. The average Bonchev–Trinajstić information content (AvgIpc) is 3.10. The Morgan fingerprint density at radius 1 is 1.00 bits per heavy atom. The molecule has 0 bridgehead atoms. The molecule has 1 saturated heterocycles. The summed E-state index contributed by atoms with van der Waals surface area (Å²) in [6, 6.07) is 19.5. The van der Waals surface area contributed by atoms with Gasteiger partial charge in [-0.15, -0.1) is 0 Å². The highest BCUT2D eigenvalue weighted by atomic mass is 16.6. The number of nitrogens with zero attached hydrogens (tertiary/aromatic N) is 2. The highest BCUT2D eigenvalue weighted by Gasteiger charge is 2.48. The second kappa shape index (κ2) is 8.96. The van der Waals surface area contributed by atoms with Crippen molar-refractivity contribution < 1.29 is 24.4 Å². The first-order valence-corrected chi connectivity index (χ1v) is 10.3. The fourth-order valence-corrected chi connectivity index (χ4v) is 3.90. The summed E-state index contributed by atoms with van der Waals surface area (Å²) in [5, 5.41) is 22.8. The molecular formula is C25H20N2O6. The molecule has 1 fully saturated rings. The number of ketones is 1. The molecule has 0 radical (unpaired) electrons. The Bertz CT molecular complexity index is 1250. The zero-order valence-corrected chi connectivity index (χ0v) is 17.7. The van der Waals surface area contributed by atoms with Crippen LogP contribution in [0.3, 0.4) is 0 Å². The minimum Gasteiger partial charge on any atom is -0.507 e. The van der Waals surface area contributed by atoms with E-state index in [-0.39, 0.29) is 16.8 Å². The molecular weight excluding hydrogens is 424 g/mol. The number of benzene rings is 3. The number of carbonyl (C=O) groups excluding carboxylic acids is 2. The van der Waals surface area contributed by atoms with Crippen LogP contribution in [0.1, 0.15) is 24.1 Å². The molecule has 1 N–H and O–H groups in total. The number of carbonyl (C=O) groups is 2. The minimum atomic E-state index is -1.19. The first kappa shape index (κ1) is 21.8. The fraction of sp³-hybridized carbons (Fsp3) is 0.120. The predicted octanol–water partition coefficient (Wildman–Crippen LogP) is 4.62. The van der Waals surface area contributed by atoms with Crippen LogP contribution >= 0.6 is 0 Å². The van der Waals surface area contributed by atoms with Gasteiger partial charge in [0, 0.05) is 17.3 Å². The number of hydrogen-bond donors (Lipinski definition) is 1. The molecule has 3 aromatic carbocycles. The van der Waals surface area contributed by atoms with Gasteiger partial charge in [0.05, 0.1) is 22.7 Å². The molecule has 1 aliphatic heterocycles. The molecule has 0 aliphatic carbocycles. The fourth-order valence-electron chi connectivity index (χ4n) is 3.90. The van der Waals surface area contributed by atoms with Gasteiger partial charge in [0.1, 0.15) is 17.6 Å². The first-order valence-electron chi connectivity index (χ1n) is 10.3. The van der Waals surface area contributed by atoms with Gasteiger partial charge in [-0.3, -0.25) is 24.6 Å². The van der Waals surface area contributed by atoms with Gasteiger partial charge >= 0.3 is 0 Å². The maximum Gasteiger partial charge on any atom is 0.300 e. The van der Waals surface area contributed by atoms with E-state index in [0.29, 0.717) is 23.6 Å². The van der Waals surface area contributed by atoms with Gasteiger partial charge in [-0.2, -0.15) is 0 Å². The van der Waals surface area contributed by atoms with E-state index in [2.05, 4.69) is 0 Å². The molecule has 1 atom stereocenters. The lowest BCUT2D eigenvalue weighted by molar-refractivity contribution is -0.385. The molecule has 1 amide bonds. The lowest BCUT2D eigenvalue weighted by Crippen LogP contribution is -2.29. The van der Waals surface area contributed by atoms with E-state index in [1.807, 2.05) is 6.92 Å². The van der Waals surface area contributed by atoms with Crippen molar-refractivity contribution in [1.82, 2.24) is 0 Å². The maximum atomic E-state index is 13.2. The standard InChI is InChI=1S/C25H20N2O6/c1-2-33-18-14-12-17(13-15-18)26-22(19-10-6-7-11-20(19)27(31)32)21(24(29)25(26)30)23(28)16-8-4-3-5-9-16/h3-15,22,28H,2H2,1H3/t22-/m1/s1. The topological polar surface area (TPSA) is 110 Å². The van der Waals surface area contributed by atoms with Crippen LogP contribution in [0, 0.1) is 10.1 Å². The Balaban J connectivity index is 1.95. The summed E-state index contributed by atoms with van der Waals surface area (Å²) in [7, 11) is 0. The van der Waals surface area contributed by atoms with Crippen molar-refractivity contribution in [2.45, 2.75) is 13.0 Å². The summed E-state index contributed by atoms with van der Waals surface area (Å²) in [6.45, 7) is 2.29. The molecule has 3 aromatic rings. The van der Waals surface area contributed by atoms with Crippen LogP contribution in [-0.4, -0.2) is 28.3 Å². The number of aliphatic hydroxyl groups is 1. The van der Waals surface area contributed by atoms with Crippen molar-refractivity contribution in [1.29, 1.82) is 0 Å². The monoisotopic (exact) mass is 444 g/mol. The van der Waals surface area contributed by atoms with E-state index in [1.165, 1.54) is 23.1 Å². The lowest BCUT2D eigenvalue weighted by atomic mass is 9.94. The molecule has 0 spiro atoms. The van der Waals surface area contributed by atoms with Crippen molar-refractivity contribution in [2.24, 2.45) is 0 Å². The van der Waals surface area contributed by atoms with Crippen LogP contribution in [0.25, 0.3) is 5.76 Å². The Morgan fingerprint density at radius 3 is 2.27 bits per heavy atom. The first-order chi connectivity index (χ1) is 15.9. The van der Waals surface area contributed by atoms with Crippen molar-refractivity contribution in [2.75, 3.05) is 11.5 Å². The number of nitro benzene ring substituents is 1. The van der Waals surface area contributed by atoms with Crippen LogP contribution in [-0.2, 0) is 9.59 Å². The summed E-state index contributed by atoms with van der Waals surface area (Å²) in [6.07, 6.45) is 0. The number of para-hydroxylation sites is 1. The third kappa shape index (κ3) is 3.94. The van der Waals surface area contributed by atoms with E-state index in [4.69, 9.17) is 4.74 Å². The molecule has 0 unspecified atom stereocenters. The minimum absolute atomic E-state index is 0.119. The highest BCUT2D eigenvalue weighted by Crippen LogP contribution is 2.44. The van der Waals surface area contributed by atoms with Gasteiger partial charge < -0.3 is 9.84 Å². The average molecular weight is 444 g/mol. The van der Waals surface area contributed by atoms with Crippen LogP contribution in [0.4, 0.5) is 11.4 Å². The molecule has 8 nitrogen and oxygen atoms in total. The van der Waals surface area contributed by atoms with Crippen molar-refractivity contribution >= 4 is 28.8 Å². The normalized spacial score (nSPS) is 17.2. The summed E-state index contributed by atoms with van der Waals surface area (Å²) in [4.78, 5) is 38.7. The summed E-state index contributed by atoms with van der Waals surface area (Å²) >= 11 is 0. The highest BCUT2D eigenvalue weighted by molar-refractivity contribution is 6.51. The number of nitro groups is 1. The number of aliphatic hydroxyl groups excluding tert-OH is 1. The predicted molar refractivity (Wildman–Crippen MR) is 122 cm³/mol. The molecule has 33 heavy (non-hydrogen) atoms. The zero-order chi connectivity index (χ0) is 23.5. The number of hydrogen-bond acceptors (Lipinski definition) is 6. The second-order valence-corrected chi connectivity index (χ2v) is 7.28. The van der Waals surface area contributed by atoms with Gasteiger partial charge in [-0.1, -0.05) is 42.5 Å². The van der Waals surface area contributed by atoms with Crippen LogP contribution in [0.15, 0.2) is 84.4 Å². The molecule has 166 valence electrons. The Hall–Kier alpha value is -4.46. The summed E-state index contributed by atoms with van der Waals surface area (Å²) in [5.41, 5.74) is 0.309. The maximum absolute atomic E-state index is 13.2. The number of Topliss-reactive ketones (excluding diaryl/α,β-unsaturated/α-hetero) is 1. The van der Waals surface area contributed by atoms with Crippen molar-refractivity contribution in [3.05, 3.63) is 106 Å². The summed E-state index contributed by atoms with van der Waals surface area (Å²) < 4.78 is 5.44. The summed E-state index contributed by atoms with van der Waals surface area (Å²) in [5.74, 6) is -1.64. The van der Waals surface area contributed by atoms with Crippen molar-refractivity contribution in [3.8, 4) is 5.75 Å². The molecule has 0 aromatic heterocycles.